The Morgan fingerprint density at radius 1 is 1.50 bits per heavy atom. The van der Waals surface area contributed by atoms with Gasteiger partial charge < -0.3 is 10.0 Å². The largest absolute Gasteiger partial charge is 0.478 e. The van der Waals surface area contributed by atoms with Gasteiger partial charge in [-0.25, -0.2) is 4.79 Å². The number of carboxylic acids is 1. The van der Waals surface area contributed by atoms with Crippen molar-refractivity contribution in [2.45, 2.75) is 38.6 Å². The van der Waals surface area contributed by atoms with E-state index in [2.05, 4.69) is 6.92 Å². The second-order valence-corrected chi connectivity index (χ2v) is 5.02. The van der Waals surface area contributed by atoms with Crippen LogP contribution in [0.5, 0.6) is 0 Å². The number of hydrogen-bond donors (Lipinski definition) is 1. The van der Waals surface area contributed by atoms with Gasteiger partial charge in [-0.1, -0.05) is 6.92 Å². The molecule has 1 saturated heterocycles. The molecule has 0 bridgehead atoms. The van der Waals surface area contributed by atoms with E-state index in [1.165, 1.54) is 6.07 Å². The number of nitro groups is 1. The molecule has 1 aliphatic heterocycles. The second-order valence-electron chi connectivity index (χ2n) is 5.02. The van der Waals surface area contributed by atoms with Gasteiger partial charge in [0.05, 0.1) is 10.5 Å². The summed E-state index contributed by atoms with van der Waals surface area (Å²) >= 11 is 0. The lowest BCUT2D eigenvalue weighted by molar-refractivity contribution is -0.384. The van der Waals surface area contributed by atoms with Crippen molar-refractivity contribution in [2.75, 3.05) is 11.4 Å². The van der Waals surface area contributed by atoms with Gasteiger partial charge in [0.15, 0.2) is 0 Å². The van der Waals surface area contributed by atoms with Gasteiger partial charge in [0.2, 0.25) is 0 Å². The molecule has 1 fully saturated rings. The molecule has 6 heteroatoms. The van der Waals surface area contributed by atoms with E-state index in [4.69, 9.17) is 5.11 Å². The lowest BCUT2D eigenvalue weighted by atomic mass is 9.98. The van der Waals surface area contributed by atoms with Crippen LogP contribution in [-0.2, 0) is 0 Å². The van der Waals surface area contributed by atoms with Crippen LogP contribution in [0.1, 0.15) is 43.0 Å². The Morgan fingerprint density at radius 3 is 2.85 bits per heavy atom. The number of rotatable bonds is 4. The molecule has 0 saturated carbocycles. The Hall–Kier alpha value is -2.11. The minimum absolute atomic E-state index is 0.0505. The molecule has 1 aliphatic rings. The second kappa shape index (κ2) is 5.90. The van der Waals surface area contributed by atoms with E-state index in [0.29, 0.717) is 5.69 Å². The van der Waals surface area contributed by atoms with Crippen LogP contribution in [-0.4, -0.2) is 28.6 Å². The predicted molar refractivity (Wildman–Crippen MR) is 75.3 cm³/mol. The standard InChI is InChI=1S/C14H18N2O4/c1-2-11-5-3-4-8-15(11)12-7-6-10(14(17)18)9-13(12)16(19)20/h6-7,9,11H,2-5,8H2,1H3,(H,17,18). The fourth-order valence-electron chi connectivity index (χ4n) is 2.79. The molecule has 2 rings (SSSR count). The van der Waals surface area contributed by atoms with Crippen molar-refractivity contribution in [2.24, 2.45) is 0 Å². The first-order valence-electron chi connectivity index (χ1n) is 6.83. The molecular formula is C14H18N2O4. The summed E-state index contributed by atoms with van der Waals surface area (Å²) in [5.41, 5.74) is 0.363. The van der Waals surface area contributed by atoms with E-state index in [1.807, 2.05) is 4.90 Å². The Balaban J connectivity index is 2.44. The molecule has 1 aromatic rings. The average molecular weight is 278 g/mol. The highest BCUT2D eigenvalue weighted by Crippen LogP contribution is 2.34. The van der Waals surface area contributed by atoms with E-state index >= 15 is 0 Å². The number of hydrogen-bond acceptors (Lipinski definition) is 4. The number of nitro benzene ring substituents is 1. The molecule has 1 atom stereocenters. The van der Waals surface area contributed by atoms with Gasteiger partial charge in [-0.2, -0.15) is 0 Å². The van der Waals surface area contributed by atoms with Crippen LogP contribution in [0, 0.1) is 10.1 Å². The molecule has 6 nitrogen and oxygen atoms in total. The molecule has 0 aliphatic carbocycles. The van der Waals surface area contributed by atoms with E-state index < -0.39 is 10.9 Å². The summed E-state index contributed by atoms with van der Waals surface area (Å²) in [6, 6.07) is 4.44. The van der Waals surface area contributed by atoms with Gasteiger partial charge in [0.25, 0.3) is 5.69 Å². The quantitative estimate of drug-likeness (QED) is 0.676. The predicted octanol–water partition coefficient (Wildman–Crippen LogP) is 3.06. The van der Waals surface area contributed by atoms with Crippen LogP contribution in [0.3, 0.4) is 0 Å². The molecule has 1 heterocycles. The summed E-state index contributed by atoms with van der Waals surface area (Å²) in [6.45, 7) is 2.85. The summed E-state index contributed by atoms with van der Waals surface area (Å²) < 4.78 is 0. The minimum Gasteiger partial charge on any atom is -0.478 e. The first-order valence-corrected chi connectivity index (χ1v) is 6.83. The first kappa shape index (κ1) is 14.3. The maximum atomic E-state index is 11.2. The van der Waals surface area contributed by atoms with E-state index in [0.717, 1.165) is 38.3 Å². The molecule has 0 radical (unpaired) electrons. The number of carboxylic acid groups (broad SMARTS) is 1. The van der Waals surface area contributed by atoms with Gasteiger partial charge in [0, 0.05) is 18.7 Å². The summed E-state index contributed by atoms with van der Waals surface area (Å²) in [7, 11) is 0. The molecule has 108 valence electrons. The summed E-state index contributed by atoms with van der Waals surface area (Å²) in [4.78, 5) is 23.7. The summed E-state index contributed by atoms with van der Waals surface area (Å²) in [5, 5.41) is 20.2. The van der Waals surface area contributed by atoms with Crippen molar-refractivity contribution >= 4 is 17.3 Å². The Kier molecular flexibility index (Phi) is 4.22. The third kappa shape index (κ3) is 2.74. The number of piperidine rings is 1. The Bertz CT molecular complexity index is 530. The van der Waals surface area contributed by atoms with Gasteiger partial charge in [-0.3, -0.25) is 10.1 Å². The van der Waals surface area contributed by atoms with Crippen molar-refractivity contribution < 1.29 is 14.8 Å². The zero-order chi connectivity index (χ0) is 14.7. The zero-order valence-electron chi connectivity index (χ0n) is 11.4. The maximum Gasteiger partial charge on any atom is 0.335 e. The molecule has 1 N–H and O–H groups in total. The van der Waals surface area contributed by atoms with Crippen molar-refractivity contribution in [3.8, 4) is 0 Å². The van der Waals surface area contributed by atoms with E-state index in [9.17, 15) is 14.9 Å². The monoisotopic (exact) mass is 278 g/mol. The third-order valence-electron chi connectivity index (χ3n) is 3.83. The number of carbonyl (C=O) groups is 1. The fourth-order valence-corrected chi connectivity index (χ4v) is 2.79. The van der Waals surface area contributed by atoms with Gasteiger partial charge in [0.1, 0.15) is 5.69 Å². The lowest BCUT2D eigenvalue weighted by Gasteiger charge is -2.36. The highest BCUT2D eigenvalue weighted by Gasteiger charge is 2.27. The topological polar surface area (TPSA) is 83.7 Å². The molecule has 0 amide bonds. The van der Waals surface area contributed by atoms with E-state index in [-0.39, 0.29) is 17.3 Å². The van der Waals surface area contributed by atoms with Gasteiger partial charge in [-0.15, -0.1) is 0 Å². The molecule has 20 heavy (non-hydrogen) atoms. The van der Waals surface area contributed by atoms with Crippen LogP contribution >= 0.6 is 0 Å². The molecule has 1 unspecified atom stereocenters. The molecule has 0 spiro atoms. The minimum atomic E-state index is -1.15. The molecule has 0 aromatic heterocycles. The summed E-state index contributed by atoms with van der Waals surface area (Å²) in [6.07, 6.45) is 4.09. The first-order chi connectivity index (χ1) is 9.54. The maximum absolute atomic E-state index is 11.2. The summed E-state index contributed by atoms with van der Waals surface area (Å²) in [5.74, 6) is -1.15. The molecule has 1 aromatic carbocycles. The molecular weight excluding hydrogens is 260 g/mol. The van der Waals surface area contributed by atoms with Crippen molar-refractivity contribution in [1.29, 1.82) is 0 Å². The highest BCUT2D eigenvalue weighted by atomic mass is 16.6. The zero-order valence-corrected chi connectivity index (χ0v) is 11.4. The Labute approximate surface area is 117 Å². The normalized spacial score (nSPS) is 18.9. The number of anilines is 1. The van der Waals surface area contributed by atoms with Gasteiger partial charge >= 0.3 is 5.97 Å². The van der Waals surface area contributed by atoms with Crippen LogP contribution < -0.4 is 4.90 Å². The van der Waals surface area contributed by atoms with Gasteiger partial charge in [-0.05, 0) is 37.8 Å². The van der Waals surface area contributed by atoms with Crippen LogP contribution in [0.25, 0.3) is 0 Å². The number of benzene rings is 1. The van der Waals surface area contributed by atoms with E-state index in [1.54, 1.807) is 6.07 Å². The number of aromatic carboxylic acids is 1. The van der Waals surface area contributed by atoms with Crippen molar-refractivity contribution in [3.63, 3.8) is 0 Å². The lowest BCUT2D eigenvalue weighted by Crippen LogP contribution is -2.39. The van der Waals surface area contributed by atoms with Crippen LogP contribution in [0.15, 0.2) is 18.2 Å². The van der Waals surface area contributed by atoms with Crippen LogP contribution in [0.2, 0.25) is 0 Å². The van der Waals surface area contributed by atoms with Crippen LogP contribution in [0.4, 0.5) is 11.4 Å². The number of nitrogens with zero attached hydrogens (tertiary/aromatic N) is 2. The smallest absolute Gasteiger partial charge is 0.335 e. The van der Waals surface area contributed by atoms with Crippen molar-refractivity contribution in [3.05, 3.63) is 33.9 Å². The van der Waals surface area contributed by atoms with Crippen molar-refractivity contribution in [1.82, 2.24) is 0 Å². The average Bonchev–Trinajstić information content (AvgIpc) is 2.46. The highest BCUT2D eigenvalue weighted by molar-refractivity contribution is 5.89. The third-order valence-corrected chi connectivity index (χ3v) is 3.83. The SMILES string of the molecule is CCC1CCCCN1c1ccc(C(=O)O)cc1[N+](=O)[O-]. The fraction of sp³-hybridized carbons (Fsp3) is 0.500. The Morgan fingerprint density at radius 2 is 2.25 bits per heavy atom.